The van der Waals surface area contributed by atoms with Gasteiger partial charge in [0.25, 0.3) is 11.8 Å². The molecular formula is C32H25Cl2F5N2O8. The van der Waals surface area contributed by atoms with Crippen molar-refractivity contribution in [2.75, 3.05) is 18.1 Å². The van der Waals surface area contributed by atoms with Gasteiger partial charge in [0.05, 0.1) is 18.4 Å². The van der Waals surface area contributed by atoms with Crippen LogP contribution in [0.1, 0.15) is 44.1 Å². The van der Waals surface area contributed by atoms with Gasteiger partial charge in [0.1, 0.15) is 5.69 Å². The van der Waals surface area contributed by atoms with Gasteiger partial charge in [-0.3, -0.25) is 28.9 Å². The third-order valence-corrected chi connectivity index (χ3v) is 11.1. The lowest BCUT2D eigenvalue weighted by Gasteiger charge is -2.50. The second kappa shape index (κ2) is 12.0. The molecule has 6 rings (SSSR count). The Bertz CT molecular complexity index is 1860. The average molecular weight is 731 g/mol. The maximum Gasteiger partial charge on any atom is 0.303 e. The number of halogens is 7. The smallest absolute Gasteiger partial charge is 0.303 e. The Hall–Kier alpha value is -4.24. The largest absolute Gasteiger partial charge is 0.504 e. The molecule has 1 saturated carbocycles. The number of hydrogen-bond donors (Lipinski definition) is 2. The molecule has 0 radical (unpaired) electrons. The van der Waals surface area contributed by atoms with Crippen molar-refractivity contribution >= 4 is 58.5 Å². The summed E-state index contributed by atoms with van der Waals surface area (Å²) in [7, 11) is 0. The summed E-state index contributed by atoms with van der Waals surface area (Å²) in [5, 5.41) is 19.4. The molecule has 2 aromatic rings. The number of fused-ring (bicyclic) bond motifs is 4. The van der Waals surface area contributed by atoms with Gasteiger partial charge in [-0.1, -0.05) is 17.7 Å². The summed E-state index contributed by atoms with van der Waals surface area (Å²) in [4.78, 5) is 62.0. The summed E-state index contributed by atoms with van der Waals surface area (Å²) >= 11 is 14.1. The number of hydrogen-bond acceptors (Lipinski definition) is 7. The van der Waals surface area contributed by atoms with E-state index in [-0.39, 0.29) is 59.9 Å². The molecule has 6 unspecified atom stereocenters. The van der Waals surface area contributed by atoms with E-state index in [1.807, 2.05) is 0 Å². The Morgan fingerprint density at radius 2 is 1.59 bits per heavy atom. The fourth-order valence-corrected chi connectivity index (χ4v) is 8.53. The number of imide groups is 2. The minimum atomic E-state index is -2.73. The molecule has 49 heavy (non-hydrogen) atoms. The number of benzene rings is 2. The van der Waals surface area contributed by atoms with Crippen LogP contribution >= 0.6 is 23.2 Å². The summed E-state index contributed by atoms with van der Waals surface area (Å²) < 4.78 is 78.5. The van der Waals surface area contributed by atoms with Crippen LogP contribution in [0.4, 0.5) is 27.6 Å². The summed E-state index contributed by atoms with van der Waals surface area (Å²) in [5.74, 6) is -23.5. The van der Waals surface area contributed by atoms with Crippen LogP contribution in [0.3, 0.4) is 0 Å². The fraction of sp³-hybridized carbons (Fsp3) is 0.406. The van der Waals surface area contributed by atoms with Crippen molar-refractivity contribution in [2.45, 2.75) is 48.3 Å². The number of carboxylic acid groups (broad SMARTS) is 1. The molecule has 17 heteroatoms. The molecule has 260 valence electrons. The molecular weight excluding hydrogens is 706 g/mol. The van der Waals surface area contributed by atoms with Crippen molar-refractivity contribution < 1.29 is 60.9 Å². The van der Waals surface area contributed by atoms with Crippen LogP contribution in [0.15, 0.2) is 29.8 Å². The highest BCUT2D eigenvalue weighted by Crippen LogP contribution is 2.66. The Balaban J connectivity index is 1.54. The predicted molar refractivity (Wildman–Crippen MR) is 159 cm³/mol. The van der Waals surface area contributed by atoms with E-state index in [0.29, 0.717) is 0 Å². The molecule has 2 aromatic carbocycles. The maximum absolute atomic E-state index is 15.2. The van der Waals surface area contributed by atoms with E-state index < -0.39 is 104 Å². The van der Waals surface area contributed by atoms with Gasteiger partial charge in [-0.05, 0) is 49.8 Å². The third kappa shape index (κ3) is 4.75. The van der Waals surface area contributed by atoms with Gasteiger partial charge in [-0.15, -0.1) is 23.2 Å². The van der Waals surface area contributed by atoms with Gasteiger partial charge in [0.2, 0.25) is 17.6 Å². The molecule has 2 aliphatic carbocycles. The van der Waals surface area contributed by atoms with Crippen LogP contribution in [0, 0.1) is 46.8 Å². The number of carbonyl (C=O) groups excluding carboxylic acids is 4. The number of aromatic hydroxyl groups is 1. The molecule has 2 heterocycles. The maximum atomic E-state index is 15.2. The van der Waals surface area contributed by atoms with Gasteiger partial charge >= 0.3 is 5.97 Å². The van der Waals surface area contributed by atoms with E-state index in [0.717, 1.165) is 4.90 Å². The van der Waals surface area contributed by atoms with E-state index >= 15 is 8.78 Å². The molecule has 10 nitrogen and oxygen atoms in total. The summed E-state index contributed by atoms with van der Waals surface area (Å²) in [6, 6.07) is 3.72. The van der Waals surface area contributed by atoms with E-state index in [4.69, 9.17) is 33.0 Å². The molecule has 4 aliphatic rings. The number of carboxylic acids is 1. The number of phenols is 1. The lowest BCUT2D eigenvalue weighted by Crippen LogP contribution is -2.60. The van der Waals surface area contributed by atoms with Crippen LogP contribution < -0.4 is 9.64 Å². The van der Waals surface area contributed by atoms with Gasteiger partial charge in [0, 0.05) is 18.9 Å². The van der Waals surface area contributed by atoms with Crippen molar-refractivity contribution in [1.82, 2.24) is 4.90 Å². The Morgan fingerprint density at radius 3 is 2.20 bits per heavy atom. The number of carbonyl (C=O) groups is 5. The van der Waals surface area contributed by atoms with Crippen LogP contribution in [-0.2, 0) is 24.0 Å². The van der Waals surface area contributed by atoms with Crippen LogP contribution in [0.2, 0.25) is 0 Å². The number of ether oxygens (including phenoxy) is 1. The number of rotatable bonds is 8. The number of allylic oxidation sites excluding steroid dienone is 2. The van der Waals surface area contributed by atoms with Crippen LogP contribution in [0.5, 0.6) is 11.5 Å². The highest BCUT2D eigenvalue weighted by atomic mass is 35.5. The standard InChI is InChI=1S/C32H25Cl2F5N2O8/c1-2-49-17-10-12(5-8-16(17)42)20-13-6-7-14-19(28(46)40(27(14)45)9-3-4-18(43)44)15(13)11-31(33)29(47)41(30(48)32(20,31)34)26-24(38)22(36)21(35)23(37)25(26)39/h5-6,8,10,14-15,19-20,42H,2-4,7,9,11H2,1H3,(H,43,44). The Labute approximate surface area is 284 Å². The van der Waals surface area contributed by atoms with Gasteiger partial charge in [-0.25, -0.2) is 26.9 Å². The first-order valence-corrected chi connectivity index (χ1v) is 15.8. The molecule has 4 amide bonds. The first kappa shape index (κ1) is 34.6. The van der Waals surface area contributed by atoms with Crippen molar-refractivity contribution in [3.05, 3.63) is 64.5 Å². The highest BCUT2D eigenvalue weighted by molar-refractivity contribution is 6.58. The second-order valence-corrected chi connectivity index (χ2v) is 13.4. The van der Waals surface area contributed by atoms with Crippen LogP contribution in [0.25, 0.3) is 0 Å². The number of amides is 4. The van der Waals surface area contributed by atoms with Gasteiger partial charge in [0.15, 0.2) is 44.5 Å². The zero-order chi connectivity index (χ0) is 35.9. The normalized spacial score (nSPS) is 29.2. The first-order valence-electron chi connectivity index (χ1n) is 15.0. The second-order valence-electron chi connectivity index (χ2n) is 12.2. The van der Waals surface area contributed by atoms with Crippen LogP contribution in [-0.4, -0.2) is 67.6 Å². The molecule has 3 fully saturated rings. The number of phenolic OH excluding ortho intramolecular Hbond substituents is 1. The van der Waals surface area contributed by atoms with Gasteiger partial charge < -0.3 is 14.9 Å². The lowest BCUT2D eigenvalue weighted by atomic mass is 9.56. The quantitative estimate of drug-likeness (QED) is 0.0975. The minimum Gasteiger partial charge on any atom is -0.504 e. The number of anilines is 1. The Morgan fingerprint density at radius 1 is 0.959 bits per heavy atom. The zero-order valence-corrected chi connectivity index (χ0v) is 26.8. The lowest BCUT2D eigenvalue weighted by molar-refractivity contribution is -0.142. The van der Waals surface area contributed by atoms with Crippen molar-refractivity contribution in [1.29, 1.82) is 0 Å². The molecule has 6 atom stereocenters. The average Bonchev–Trinajstić information content (AvgIpc) is 3.38. The summed E-state index contributed by atoms with van der Waals surface area (Å²) in [5.41, 5.74) is -1.62. The van der Waals surface area contributed by atoms with E-state index in [1.165, 1.54) is 24.3 Å². The fourth-order valence-electron chi connectivity index (χ4n) is 7.60. The number of likely N-dealkylation sites (tertiary alicyclic amines) is 1. The SMILES string of the molecule is CCOc1cc(C2C3=CCC4C(=O)N(CCCC(=O)O)C(=O)C4C3CC3(Cl)C(=O)N(c4c(F)c(F)c(F)c(F)c4F)C(=O)C23Cl)ccc1O. The third-order valence-electron chi connectivity index (χ3n) is 9.70. The monoisotopic (exact) mass is 730 g/mol. The molecule has 2 aliphatic heterocycles. The Kier molecular flexibility index (Phi) is 8.46. The molecule has 0 bridgehead atoms. The molecule has 2 saturated heterocycles. The minimum absolute atomic E-state index is 0.0539. The van der Waals surface area contributed by atoms with Gasteiger partial charge in [-0.2, -0.15) is 0 Å². The molecule has 2 N–H and O–H groups in total. The number of aliphatic carboxylic acids is 1. The van der Waals surface area contributed by atoms with Crippen molar-refractivity contribution in [2.24, 2.45) is 17.8 Å². The van der Waals surface area contributed by atoms with E-state index in [9.17, 15) is 42.3 Å². The number of nitrogens with zero attached hydrogens (tertiary/aromatic N) is 2. The van der Waals surface area contributed by atoms with E-state index in [1.54, 1.807) is 6.92 Å². The van der Waals surface area contributed by atoms with Crippen molar-refractivity contribution in [3.8, 4) is 11.5 Å². The number of alkyl halides is 2. The first-order chi connectivity index (χ1) is 23.0. The van der Waals surface area contributed by atoms with E-state index in [2.05, 4.69) is 0 Å². The van der Waals surface area contributed by atoms with Crippen molar-refractivity contribution in [3.63, 3.8) is 0 Å². The molecule has 0 spiro atoms. The topological polar surface area (TPSA) is 142 Å². The zero-order valence-electron chi connectivity index (χ0n) is 25.2. The molecule has 0 aromatic heterocycles. The predicted octanol–water partition coefficient (Wildman–Crippen LogP) is 4.91. The highest BCUT2D eigenvalue weighted by Gasteiger charge is 2.77. The summed E-state index contributed by atoms with van der Waals surface area (Å²) in [6.07, 6.45) is 0.371. The summed E-state index contributed by atoms with van der Waals surface area (Å²) in [6.45, 7) is 1.43.